The summed E-state index contributed by atoms with van der Waals surface area (Å²) in [5, 5.41) is 1.01. The summed E-state index contributed by atoms with van der Waals surface area (Å²) in [6.45, 7) is 2.80. The molecule has 4 nitrogen and oxygen atoms in total. The quantitative estimate of drug-likeness (QED) is 0.789. The van der Waals surface area contributed by atoms with Crippen LogP contribution in [0.1, 0.15) is 16.5 Å². The van der Waals surface area contributed by atoms with Gasteiger partial charge >= 0.3 is 0 Å². The number of hydrogen-bond acceptors (Lipinski definition) is 4. The van der Waals surface area contributed by atoms with Gasteiger partial charge in [0.2, 0.25) is 0 Å². The number of thiophene rings is 1. The van der Waals surface area contributed by atoms with Gasteiger partial charge in [-0.25, -0.2) is 8.42 Å². The number of hydrogen-bond donors (Lipinski definition) is 0. The second kappa shape index (κ2) is 6.70. The smallest absolute Gasteiger partial charge is 0.252 e. The van der Waals surface area contributed by atoms with Gasteiger partial charge in [0, 0.05) is 28.0 Å². The van der Waals surface area contributed by atoms with Crippen molar-refractivity contribution in [2.45, 2.75) is 17.2 Å². The minimum atomic E-state index is -3.50. The van der Waals surface area contributed by atoms with Crippen LogP contribution in [0.5, 0.6) is 0 Å². The summed E-state index contributed by atoms with van der Waals surface area (Å²) in [5.41, 5.74) is 0.782. The van der Waals surface area contributed by atoms with Crippen LogP contribution >= 0.6 is 34.5 Å². The molecule has 0 aliphatic carbocycles. The molecule has 1 aliphatic heterocycles. The van der Waals surface area contributed by atoms with E-state index in [2.05, 4.69) is 0 Å². The molecule has 2 aromatic rings. The van der Waals surface area contributed by atoms with Gasteiger partial charge in [-0.05, 0) is 42.8 Å². The first-order chi connectivity index (χ1) is 10.9. The van der Waals surface area contributed by atoms with Gasteiger partial charge in [-0.2, -0.15) is 4.31 Å². The lowest BCUT2D eigenvalue weighted by atomic mass is 10.1. The van der Waals surface area contributed by atoms with E-state index in [4.69, 9.17) is 27.9 Å². The van der Waals surface area contributed by atoms with Crippen LogP contribution in [0.2, 0.25) is 10.0 Å². The van der Waals surface area contributed by atoms with Crippen molar-refractivity contribution in [1.82, 2.24) is 4.31 Å². The standard InChI is InChI=1S/C15H15Cl2NO3S2/c1-10-2-3-15(22-10)23(19,20)18-4-5-21-14(9-18)11-6-12(16)8-13(17)7-11/h2-3,6-8,14H,4-5,9H2,1H3. The second-order valence-electron chi connectivity index (χ2n) is 5.29. The fraction of sp³-hybridized carbons (Fsp3) is 0.333. The average molecular weight is 392 g/mol. The Labute approximate surface area is 149 Å². The van der Waals surface area contributed by atoms with Crippen molar-refractivity contribution in [3.63, 3.8) is 0 Å². The molecule has 1 aromatic heterocycles. The predicted molar refractivity (Wildman–Crippen MR) is 93.0 cm³/mol. The van der Waals surface area contributed by atoms with Crippen LogP contribution in [0.15, 0.2) is 34.5 Å². The van der Waals surface area contributed by atoms with Gasteiger partial charge in [0.15, 0.2) is 0 Å². The molecule has 2 heterocycles. The van der Waals surface area contributed by atoms with Crippen molar-refractivity contribution < 1.29 is 13.2 Å². The Morgan fingerprint density at radius 3 is 2.52 bits per heavy atom. The SMILES string of the molecule is Cc1ccc(S(=O)(=O)N2CCOC(c3cc(Cl)cc(Cl)c3)C2)s1. The van der Waals surface area contributed by atoms with Crippen LogP contribution in [-0.2, 0) is 14.8 Å². The van der Waals surface area contributed by atoms with E-state index in [1.54, 1.807) is 24.3 Å². The molecule has 0 saturated carbocycles. The molecular weight excluding hydrogens is 377 g/mol. The van der Waals surface area contributed by atoms with Gasteiger partial charge in [0.25, 0.3) is 10.0 Å². The highest BCUT2D eigenvalue weighted by atomic mass is 35.5. The average Bonchev–Trinajstić information content (AvgIpc) is 2.94. The zero-order valence-electron chi connectivity index (χ0n) is 12.3. The van der Waals surface area contributed by atoms with E-state index in [-0.39, 0.29) is 12.6 Å². The van der Waals surface area contributed by atoms with E-state index in [9.17, 15) is 8.42 Å². The lowest BCUT2D eigenvalue weighted by Crippen LogP contribution is -2.41. The number of sulfonamides is 1. The molecule has 0 bridgehead atoms. The van der Waals surface area contributed by atoms with Crippen molar-refractivity contribution in [3.05, 3.63) is 50.8 Å². The van der Waals surface area contributed by atoms with Crippen molar-refractivity contribution >= 4 is 44.6 Å². The second-order valence-corrected chi connectivity index (χ2v) is 9.62. The molecule has 124 valence electrons. The van der Waals surface area contributed by atoms with Gasteiger partial charge in [-0.1, -0.05) is 23.2 Å². The monoisotopic (exact) mass is 391 g/mol. The molecule has 1 saturated heterocycles. The summed E-state index contributed by atoms with van der Waals surface area (Å²) >= 11 is 13.3. The van der Waals surface area contributed by atoms with E-state index in [1.807, 2.05) is 13.0 Å². The van der Waals surface area contributed by atoms with Crippen molar-refractivity contribution in [3.8, 4) is 0 Å². The van der Waals surface area contributed by atoms with Crippen LogP contribution in [0, 0.1) is 6.92 Å². The zero-order chi connectivity index (χ0) is 16.6. The molecule has 0 N–H and O–H groups in total. The van der Waals surface area contributed by atoms with E-state index in [0.717, 1.165) is 10.4 Å². The Balaban J connectivity index is 1.86. The van der Waals surface area contributed by atoms with Gasteiger partial charge in [-0.15, -0.1) is 11.3 Å². The highest BCUT2D eigenvalue weighted by Crippen LogP contribution is 2.31. The first-order valence-electron chi connectivity index (χ1n) is 7.00. The van der Waals surface area contributed by atoms with Crippen LogP contribution in [-0.4, -0.2) is 32.4 Å². The molecule has 1 unspecified atom stereocenters. The summed E-state index contributed by atoms with van der Waals surface area (Å²) in [5.74, 6) is 0. The molecule has 0 radical (unpaired) electrons. The Hall–Kier alpha value is -0.630. The van der Waals surface area contributed by atoms with E-state index < -0.39 is 10.0 Å². The highest BCUT2D eigenvalue weighted by Gasteiger charge is 2.32. The summed E-state index contributed by atoms with van der Waals surface area (Å²) < 4.78 is 33.0. The first-order valence-corrected chi connectivity index (χ1v) is 10.0. The van der Waals surface area contributed by atoms with Crippen LogP contribution in [0.3, 0.4) is 0 Å². The molecule has 1 aromatic carbocycles. The van der Waals surface area contributed by atoms with Crippen molar-refractivity contribution in [1.29, 1.82) is 0 Å². The Morgan fingerprint density at radius 2 is 1.91 bits per heavy atom. The van der Waals surface area contributed by atoms with Crippen LogP contribution in [0.4, 0.5) is 0 Å². The predicted octanol–water partition coefficient (Wildman–Crippen LogP) is 4.13. The third kappa shape index (κ3) is 3.73. The van der Waals surface area contributed by atoms with Gasteiger partial charge in [0.1, 0.15) is 4.21 Å². The Morgan fingerprint density at radius 1 is 1.22 bits per heavy atom. The summed E-state index contributed by atoms with van der Waals surface area (Å²) in [7, 11) is -3.50. The molecule has 23 heavy (non-hydrogen) atoms. The molecule has 1 atom stereocenters. The van der Waals surface area contributed by atoms with E-state index in [1.165, 1.54) is 15.6 Å². The van der Waals surface area contributed by atoms with Gasteiger partial charge < -0.3 is 4.74 Å². The normalized spacial score (nSPS) is 19.9. The summed E-state index contributed by atoms with van der Waals surface area (Å²) in [4.78, 5) is 0.968. The lowest BCUT2D eigenvalue weighted by molar-refractivity contribution is -0.00249. The van der Waals surface area contributed by atoms with Crippen LogP contribution < -0.4 is 0 Å². The Bertz CT molecular complexity index is 800. The number of halogens is 2. The summed E-state index contributed by atoms with van der Waals surface area (Å²) in [6, 6.07) is 8.60. The first kappa shape index (κ1) is 17.2. The van der Waals surface area contributed by atoms with Crippen molar-refractivity contribution in [2.75, 3.05) is 19.7 Å². The maximum absolute atomic E-state index is 12.7. The number of benzene rings is 1. The number of aryl methyl sites for hydroxylation is 1. The fourth-order valence-electron chi connectivity index (χ4n) is 2.48. The molecule has 3 rings (SSSR count). The van der Waals surface area contributed by atoms with E-state index in [0.29, 0.717) is 27.4 Å². The highest BCUT2D eigenvalue weighted by molar-refractivity contribution is 7.91. The van der Waals surface area contributed by atoms with Gasteiger partial charge in [-0.3, -0.25) is 0 Å². The molecule has 0 spiro atoms. The largest absolute Gasteiger partial charge is 0.371 e. The maximum Gasteiger partial charge on any atom is 0.252 e. The Kier molecular flexibility index (Phi) is 5.01. The fourth-order valence-corrected chi connectivity index (χ4v) is 5.89. The van der Waals surface area contributed by atoms with E-state index >= 15 is 0 Å². The number of morpholine rings is 1. The van der Waals surface area contributed by atoms with Crippen molar-refractivity contribution in [2.24, 2.45) is 0 Å². The third-order valence-corrected chi connectivity index (χ3v) is 7.37. The minimum Gasteiger partial charge on any atom is -0.371 e. The van der Waals surface area contributed by atoms with Gasteiger partial charge in [0.05, 0.1) is 12.7 Å². The number of ether oxygens (including phenoxy) is 1. The number of rotatable bonds is 3. The minimum absolute atomic E-state index is 0.246. The molecular formula is C15H15Cl2NO3S2. The lowest BCUT2D eigenvalue weighted by Gasteiger charge is -2.32. The number of nitrogens with zero attached hydrogens (tertiary/aromatic N) is 1. The molecule has 1 fully saturated rings. The third-order valence-electron chi connectivity index (χ3n) is 3.60. The van der Waals surface area contributed by atoms with Crippen LogP contribution in [0.25, 0.3) is 0 Å². The summed E-state index contributed by atoms with van der Waals surface area (Å²) in [6.07, 6.45) is -0.379. The molecule has 1 aliphatic rings. The molecule has 8 heteroatoms. The zero-order valence-corrected chi connectivity index (χ0v) is 15.5. The topological polar surface area (TPSA) is 46.6 Å². The maximum atomic E-state index is 12.7. The molecule has 0 amide bonds.